The highest BCUT2D eigenvalue weighted by molar-refractivity contribution is 7.89. The highest BCUT2D eigenvalue weighted by Gasteiger charge is 2.24. The lowest BCUT2D eigenvalue weighted by atomic mass is 10.4. The van der Waals surface area contributed by atoms with Gasteiger partial charge in [-0.3, -0.25) is 4.68 Å². The van der Waals surface area contributed by atoms with Crippen LogP contribution < -0.4 is 4.72 Å². The van der Waals surface area contributed by atoms with E-state index >= 15 is 0 Å². The van der Waals surface area contributed by atoms with Crippen LogP contribution in [-0.2, 0) is 23.0 Å². The van der Waals surface area contributed by atoms with Crippen molar-refractivity contribution in [2.45, 2.75) is 31.7 Å². The standard InChI is InChI=1S/C11H17N5O4S/c1-8-11(9(2)16(15-8)5-6-17)21(18,19)14-4-3-10-12-7-13-20-10/h7,14,17H,3-6H2,1-2H3. The van der Waals surface area contributed by atoms with Gasteiger partial charge in [-0.25, -0.2) is 13.1 Å². The molecule has 0 saturated heterocycles. The zero-order valence-corrected chi connectivity index (χ0v) is 12.6. The topological polar surface area (TPSA) is 123 Å². The van der Waals surface area contributed by atoms with Gasteiger partial charge in [-0.15, -0.1) is 0 Å². The van der Waals surface area contributed by atoms with E-state index < -0.39 is 10.0 Å². The van der Waals surface area contributed by atoms with Gasteiger partial charge in [-0.05, 0) is 13.8 Å². The van der Waals surface area contributed by atoms with Crippen molar-refractivity contribution in [3.8, 4) is 0 Å². The first-order valence-electron chi connectivity index (χ1n) is 6.36. The molecule has 0 amide bonds. The maximum atomic E-state index is 12.3. The number of sulfonamides is 1. The van der Waals surface area contributed by atoms with Crippen LogP contribution in [0.2, 0.25) is 0 Å². The van der Waals surface area contributed by atoms with Crippen LogP contribution in [0, 0.1) is 13.8 Å². The number of aromatic nitrogens is 4. The summed E-state index contributed by atoms with van der Waals surface area (Å²) in [6, 6.07) is 0. The molecule has 21 heavy (non-hydrogen) atoms. The summed E-state index contributed by atoms with van der Waals surface area (Å²) in [7, 11) is -3.68. The monoisotopic (exact) mass is 315 g/mol. The molecular formula is C11H17N5O4S. The van der Waals surface area contributed by atoms with Crippen LogP contribution in [0.4, 0.5) is 0 Å². The Kier molecular flexibility index (Phi) is 4.70. The molecule has 2 rings (SSSR count). The Labute approximate surface area is 122 Å². The number of aliphatic hydroxyl groups is 1. The lowest BCUT2D eigenvalue weighted by molar-refractivity contribution is 0.267. The minimum Gasteiger partial charge on any atom is -0.394 e. The Bertz CT molecular complexity index is 693. The minimum atomic E-state index is -3.68. The molecule has 0 aliphatic heterocycles. The van der Waals surface area contributed by atoms with Crippen LogP contribution in [0.15, 0.2) is 15.7 Å². The van der Waals surface area contributed by atoms with Gasteiger partial charge >= 0.3 is 0 Å². The molecule has 2 heterocycles. The Hall–Kier alpha value is -1.78. The normalized spacial score (nSPS) is 12.0. The average Bonchev–Trinajstić information content (AvgIpc) is 2.99. The van der Waals surface area contributed by atoms with Crippen molar-refractivity contribution in [3.05, 3.63) is 23.6 Å². The highest BCUT2D eigenvalue weighted by Crippen LogP contribution is 2.19. The Balaban J connectivity index is 2.12. The van der Waals surface area contributed by atoms with E-state index in [4.69, 9.17) is 9.63 Å². The fourth-order valence-electron chi connectivity index (χ4n) is 2.05. The Morgan fingerprint density at radius 2 is 2.19 bits per heavy atom. The lowest BCUT2D eigenvalue weighted by Gasteiger charge is -2.06. The van der Waals surface area contributed by atoms with Crippen molar-refractivity contribution in [1.29, 1.82) is 0 Å². The molecule has 116 valence electrons. The number of nitrogens with zero attached hydrogens (tertiary/aromatic N) is 4. The Morgan fingerprint density at radius 1 is 1.43 bits per heavy atom. The molecule has 0 aromatic carbocycles. The fourth-order valence-corrected chi connectivity index (χ4v) is 3.49. The van der Waals surface area contributed by atoms with Gasteiger partial charge < -0.3 is 9.63 Å². The van der Waals surface area contributed by atoms with Crippen LogP contribution in [0.3, 0.4) is 0 Å². The van der Waals surface area contributed by atoms with Crippen molar-refractivity contribution < 1.29 is 18.0 Å². The molecule has 2 aromatic heterocycles. The fraction of sp³-hybridized carbons (Fsp3) is 0.545. The van der Waals surface area contributed by atoms with Crippen LogP contribution in [0.25, 0.3) is 0 Å². The number of hydrogen-bond acceptors (Lipinski definition) is 7. The van der Waals surface area contributed by atoms with Crippen LogP contribution in [-0.4, -0.2) is 46.6 Å². The van der Waals surface area contributed by atoms with E-state index in [0.29, 0.717) is 23.7 Å². The van der Waals surface area contributed by atoms with E-state index in [9.17, 15) is 8.42 Å². The van der Waals surface area contributed by atoms with Crippen LogP contribution >= 0.6 is 0 Å². The summed E-state index contributed by atoms with van der Waals surface area (Å²) < 4.78 is 33.4. The van der Waals surface area contributed by atoms with Gasteiger partial charge in [0.25, 0.3) is 0 Å². The second-order valence-electron chi connectivity index (χ2n) is 4.43. The SMILES string of the molecule is Cc1nn(CCO)c(C)c1S(=O)(=O)NCCc1ncno1. The van der Waals surface area contributed by atoms with E-state index in [2.05, 4.69) is 20.0 Å². The van der Waals surface area contributed by atoms with Gasteiger partial charge in [0.1, 0.15) is 4.90 Å². The molecule has 2 N–H and O–H groups in total. The molecule has 0 spiro atoms. The van der Waals surface area contributed by atoms with Gasteiger partial charge in [0.05, 0.1) is 24.5 Å². The summed E-state index contributed by atoms with van der Waals surface area (Å²) in [5.74, 6) is 0.363. The van der Waals surface area contributed by atoms with E-state index in [0.717, 1.165) is 0 Å². The second kappa shape index (κ2) is 6.33. The van der Waals surface area contributed by atoms with Gasteiger partial charge in [-0.2, -0.15) is 10.1 Å². The smallest absolute Gasteiger partial charge is 0.244 e. The summed E-state index contributed by atoms with van der Waals surface area (Å²) >= 11 is 0. The van der Waals surface area contributed by atoms with E-state index in [1.165, 1.54) is 11.0 Å². The molecule has 0 aliphatic rings. The van der Waals surface area contributed by atoms with Gasteiger partial charge in [-0.1, -0.05) is 5.16 Å². The first-order valence-corrected chi connectivity index (χ1v) is 7.84. The molecule has 0 saturated carbocycles. The Morgan fingerprint density at radius 3 is 2.81 bits per heavy atom. The van der Waals surface area contributed by atoms with Crippen molar-refractivity contribution in [3.63, 3.8) is 0 Å². The van der Waals surface area contributed by atoms with Gasteiger partial charge in [0.15, 0.2) is 6.33 Å². The number of nitrogens with one attached hydrogen (secondary N) is 1. The quantitative estimate of drug-likeness (QED) is 0.699. The zero-order valence-electron chi connectivity index (χ0n) is 11.8. The largest absolute Gasteiger partial charge is 0.394 e. The first kappa shape index (κ1) is 15.6. The van der Waals surface area contributed by atoms with Gasteiger partial charge in [0.2, 0.25) is 15.9 Å². The molecule has 0 fully saturated rings. The third-order valence-electron chi connectivity index (χ3n) is 2.93. The number of aryl methyl sites for hydroxylation is 1. The molecular weight excluding hydrogens is 298 g/mol. The van der Waals surface area contributed by atoms with E-state index in [1.54, 1.807) is 13.8 Å². The molecule has 0 bridgehead atoms. The molecule has 0 radical (unpaired) electrons. The third kappa shape index (κ3) is 3.46. The second-order valence-corrected chi connectivity index (χ2v) is 6.13. The molecule has 0 aliphatic carbocycles. The van der Waals surface area contributed by atoms with Crippen molar-refractivity contribution in [1.82, 2.24) is 24.6 Å². The number of hydrogen-bond donors (Lipinski definition) is 2. The average molecular weight is 315 g/mol. The maximum absolute atomic E-state index is 12.3. The third-order valence-corrected chi connectivity index (χ3v) is 4.65. The molecule has 0 atom stereocenters. The highest BCUT2D eigenvalue weighted by atomic mass is 32.2. The molecule has 2 aromatic rings. The summed E-state index contributed by atoms with van der Waals surface area (Å²) in [6.07, 6.45) is 1.57. The molecule has 9 nitrogen and oxygen atoms in total. The van der Waals surface area contributed by atoms with Gasteiger partial charge in [0, 0.05) is 13.0 Å². The number of rotatable bonds is 7. The van der Waals surface area contributed by atoms with E-state index in [-0.39, 0.29) is 24.6 Å². The zero-order chi connectivity index (χ0) is 15.5. The van der Waals surface area contributed by atoms with Crippen molar-refractivity contribution in [2.75, 3.05) is 13.2 Å². The first-order chi connectivity index (χ1) is 9.95. The summed E-state index contributed by atoms with van der Waals surface area (Å²) in [5, 5.41) is 16.5. The van der Waals surface area contributed by atoms with Crippen molar-refractivity contribution in [2.24, 2.45) is 0 Å². The van der Waals surface area contributed by atoms with Crippen LogP contribution in [0.5, 0.6) is 0 Å². The minimum absolute atomic E-state index is 0.105. The predicted octanol–water partition coefficient (Wildman–Crippen LogP) is -0.604. The predicted molar refractivity (Wildman–Crippen MR) is 72.0 cm³/mol. The van der Waals surface area contributed by atoms with Crippen molar-refractivity contribution >= 4 is 10.0 Å². The maximum Gasteiger partial charge on any atom is 0.244 e. The van der Waals surface area contributed by atoms with E-state index in [1.807, 2.05) is 0 Å². The summed E-state index contributed by atoms with van der Waals surface area (Å²) in [5.41, 5.74) is 0.887. The summed E-state index contributed by atoms with van der Waals surface area (Å²) in [6.45, 7) is 3.57. The lowest BCUT2D eigenvalue weighted by Crippen LogP contribution is -2.27. The molecule has 10 heteroatoms. The van der Waals surface area contributed by atoms with Crippen LogP contribution in [0.1, 0.15) is 17.3 Å². The number of aliphatic hydroxyl groups excluding tert-OH is 1. The molecule has 0 unspecified atom stereocenters. The summed E-state index contributed by atoms with van der Waals surface area (Å²) in [4.78, 5) is 3.96.